The Kier molecular flexibility index (Phi) is 4.54. The van der Waals surface area contributed by atoms with Crippen LogP contribution in [0.15, 0.2) is 48.5 Å². The second-order valence-electron chi connectivity index (χ2n) is 4.18. The standard InChI is InChI=1S/C15H11ClF2N2/c16-12-5-7-13(8-6-12)20-14(9-19)10-1-3-11(4-2-10)15(17)18/h1-8,14-15,20H. The minimum absolute atomic E-state index is 0.0584. The molecular weight excluding hydrogens is 282 g/mol. The van der Waals surface area contributed by atoms with Gasteiger partial charge in [0, 0.05) is 16.3 Å². The Labute approximate surface area is 120 Å². The fourth-order valence-electron chi connectivity index (χ4n) is 1.74. The Morgan fingerprint density at radius 1 is 0.950 bits per heavy atom. The summed E-state index contributed by atoms with van der Waals surface area (Å²) in [4.78, 5) is 0. The first-order valence-corrected chi connectivity index (χ1v) is 6.27. The molecule has 0 radical (unpaired) electrons. The molecule has 102 valence electrons. The number of rotatable bonds is 4. The first-order chi connectivity index (χ1) is 9.60. The molecule has 1 N–H and O–H groups in total. The predicted molar refractivity (Wildman–Crippen MR) is 74.8 cm³/mol. The van der Waals surface area contributed by atoms with Crippen LogP contribution in [0.3, 0.4) is 0 Å². The van der Waals surface area contributed by atoms with Crippen LogP contribution >= 0.6 is 11.6 Å². The molecule has 0 saturated heterocycles. The molecule has 0 aromatic heterocycles. The van der Waals surface area contributed by atoms with Gasteiger partial charge in [-0.1, -0.05) is 35.9 Å². The van der Waals surface area contributed by atoms with E-state index in [9.17, 15) is 14.0 Å². The Morgan fingerprint density at radius 3 is 2.00 bits per heavy atom. The highest BCUT2D eigenvalue weighted by atomic mass is 35.5. The summed E-state index contributed by atoms with van der Waals surface area (Å²) in [7, 11) is 0. The molecule has 0 amide bonds. The average Bonchev–Trinajstić information content (AvgIpc) is 2.47. The van der Waals surface area contributed by atoms with Crippen LogP contribution in [0.2, 0.25) is 5.02 Å². The number of hydrogen-bond acceptors (Lipinski definition) is 2. The van der Waals surface area contributed by atoms with E-state index in [0.29, 0.717) is 10.6 Å². The first kappa shape index (κ1) is 14.3. The van der Waals surface area contributed by atoms with Gasteiger partial charge in [-0.2, -0.15) is 5.26 Å². The molecule has 0 bridgehead atoms. The largest absolute Gasteiger partial charge is 0.366 e. The minimum Gasteiger partial charge on any atom is -0.366 e. The lowest BCUT2D eigenvalue weighted by molar-refractivity contribution is 0.151. The second kappa shape index (κ2) is 6.36. The van der Waals surface area contributed by atoms with Crippen molar-refractivity contribution >= 4 is 17.3 Å². The summed E-state index contributed by atoms with van der Waals surface area (Å²) in [5.74, 6) is 0. The summed E-state index contributed by atoms with van der Waals surface area (Å²) >= 11 is 5.78. The highest BCUT2D eigenvalue weighted by molar-refractivity contribution is 6.30. The Bertz CT molecular complexity index is 603. The SMILES string of the molecule is N#CC(Nc1ccc(Cl)cc1)c1ccc(C(F)F)cc1. The maximum atomic E-state index is 12.5. The van der Waals surface area contributed by atoms with Gasteiger partial charge in [0.05, 0.1) is 6.07 Å². The van der Waals surface area contributed by atoms with Crippen LogP contribution in [0.5, 0.6) is 0 Å². The van der Waals surface area contributed by atoms with Gasteiger partial charge in [-0.3, -0.25) is 0 Å². The van der Waals surface area contributed by atoms with Crippen LogP contribution in [0, 0.1) is 11.3 Å². The van der Waals surface area contributed by atoms with Gasteiger partial charge in [-0.25, -0.2) is 8.78 Å². The van der Waals surface area contributed by atoms with E-state index >= 15 is 0 Å². The van der Waals surface area contributed by atoms with Gasteiger partial charge in [0.1, 0.15) is 6.04 Å². The molecule has 2 aromatic rings. The monoisotopic (exact) mass is 292 g/mol. The topological polar surface area (TPSA) is 35.8 Å². The van der Waals surface area contributed by atoms with Crippen LogP contribution in [0.4, 0.5) is 14.5 Å². The molecule has 2 rings (SSSR count). The molecule has 2 nitrogen and oxygen atoms in total. The third-order valence-electron chi connectivity index (χ3n) is 2.81. The Morgan fingerprint density at radius 2 is 1.50 bits per heavy atom. The fourth-order valence-corrected chi connectivity index (χ4v) is 1.86. The van der Waals surface area contributed by atoms with Crippen LogP contribution in [0.25, 0.3) is 0 Å². The predicted octanol–water partition coefficient (Wildman–Crippen LogP) is 4.95. The van der Waals surface area contributed by atoms with Crippen molar-refractivity contribution in [3.8, 4) is 6.07 Å². The normalized spacial score (nSPS) is 11.9. The highest BCUT2D eigenvalue weighted by Gasteiger charge is 2.12. The van der Waals surface area contributed by atoms with E-state index in [1.54, 1.807) is 24.3 Å². The minimum atomic E-state index is -2.51. The summed E-state index contributed by atoms with van der Waals surface area (Å²) in [5, 5.41) is 12.8. The van der Waals surface area contributed by atoms with Gasteiger partial charge >= 0.3 is 0 Å². The molecule has 1 unspecified atom stereocenters. The van der Waals surface area contributed by atoms with Crippen molar-refractivity contribution in [2.45, 2.75) is 12.5 Å². The zero-order chi connectivity index (χ0) is 14.5. The second-order valence-corrected chi connectivity index (χ2v) is 4.62. The summed E-state index contributed by atoms with van der Waals surface area (Å²) < 4.78 is 24.9. The van der Waals surface area contributed by atoms with E-state index in [1.165, 1.54) is 24.3 Å². The number of hydrogen-bond donors (Lipinski definition) is 1. The number of nitrogens with one attached hydrogen (secondary N) is 1. The van der Waals surface area contributed by atoms with Crippen LogP contribution in [-0.4, -0.2) is 0 Å². The average molecular weight is 293 g/mol. The van der Waals surface area contributed by atoms with Crippen molar-refractivity contribution < 1.29 is 8.78 Å². The quantitative estimate of drug-likeness (QED) is 0.865. The number of halogens is 3. The molecule has 0 spiro atoms. The van der Waals surface area contributed by atoms with E-state index < -0.39 is 12.5 Å². The van der Waals surface area contributed by atoms with Gasteiger partial charge in [-0.15, -0.1) is 0 Å². The smallest absolute Gasteiger partial charge is 0.263 e. The molecule has 0 heterocycles. The highest BCUT2D eigenvalue weighted by Crippen LogP contribution is 2.24. The molecule has 20 heavy (non-hydrogen) atoms. The first-order valence-electron chi connectivity index (χ1n) is 5.90. The van der Waals surface area contributed by atoms with Gasteiger partial charge in [0.15, 0.2) is 0 Å². The van der Waals surface area contributed by atoms with Gasteiger partial charge in [-0.05, 0) is 29.8 Å². The number of alkyl halides is 2. The summed E-state index contributed by atoms with van der Waals surface area (Å²) in [6, 6.07) is 14.1. The zero-order valence-electron chi connectivity index (χ0n) is 10.4. The summed E-state index contributed by atoms with van der Waals surface area (Å²) in [5.41, 5.74) is 1.31. The lowest BCUT2D eigenvalue weighted by atomic mass is 10.1. The number of nitrogens with zero attached hydrogens (tertiary/aromatic N) is 1. The lowest BCUT2D eigenvalue weighted by Gasteiger charge is -2.14. The third kappa shape index (κ3) is 3.46. The van der Waals surface area contributed by atoms with Crippen LogP contribution in [0.1, 0.15) is 23.6 Å². The van der Waals surface area contributed by atoms with Crippen LogP contribution in [-0.2, 0) is 0 Å². The number of benzene rings is 2. The number of anilines is 1. The van der Waals surface area contributed by atoms with E-state index in [-0.39, 0.29) is 5.56 Å². The van der Waals surface area contributed by atoms with E-state index in [2.05, 4.69) is 11.4 Å². The molecule has 5 heteroatoms. The van der Waals surface area contributed by atoms with Gasteiger partial charge in [0.2, 0.25) is 0 Å². The van der Waals surface area contributed by atoms with Crippen molar-refractivity contribution in [2.24, 2.45) is 0 Å². The molecule has 2 aromatic carbocycles. The van der Waals surface area contributed by atoms with E-state index in [1.807, 2.05) is 0 Å². The van der Waals surface area contributed by atoms with Gasteiger partial charge in [0.25, 0.3) is 6.43 Å². The molecular formula is C15H11ClF2N2. The van der Waals surface area contributed by atoms with E-state index in [0.717, 1.165) is 5.69 Å². The van der Waals surface area contributed by atoms with Crippen molar-refractivity contribution in [1.29, 1.82) is 5.26 Å². The molecule has 0 aliphatic carbocycles. The summed E-state index contributed by atoms with van der Waals surface area (Å²) in [6.07, 6.45) is -2.51. The molecule has 0 saturated carbocycles. The lowest BCUT2D eigenvalue weighted by Crippen LogP contribution is -2.08. The van der Waals surface area contributed by atoms with Crippen molar-refractivity contribution in [3.05, 3.63) is 64.7 Å². The maximum absolute atomic E-state index is 12.5. The number of nitriles is 1. The summed E-state index contributed by atoms with van der Waals surface area (Å²) in [6.45, 7) is 0. The van der Waals surface area contributed by atoms with Crippen LogP contribution < -0.4 is 5.32 Å². The Balaban J connectivity index is 2.16. The zero-order valence-corrected chi connectivity index (χ0v) is 11.1. The van der Waals surface area contributed by atoms with Crippen molar-refractivity contribution in [2.75, 3.05) is 5.32 Å². The maximum Gasteiger partial charge on any atom is 0.263 e. The molecule has 0 aliphatic heterocycles. The van der Waals surface area contributed by atoms with Crippen molar-refractivity contribution in [3.63, 3.8) is 0 Å². The molecule has 0 aliphatic rings. The molecule has 1 atom stereocenters. The van der Waals surface area contributed by atoms with Gasteiger partial charge < -0.3 is 5.32 Å². The third-order valence-corrected chi connectivity index (χ3v) is 3.06. The fraction of sp³-hybridized carbons (Fsp3) is 0.133. The molecule has 0 fully saturated rings. The Hall–Kier alpha value is -2.12. The van der Waals surface area contributed by atoms with Crippen molar-refractivity contribution in [1.82, 2.24) is 0 Å². The van der Waals surface area contributed by atoms with E-state index in [4.69, 9.17) is 11.6 Å².